The number of rotatable bonds is 5. The van der Waals surface area contributed by atoms with Crippen LogP contribution in [-0.4, -0.2) is 27.8 Å². The highest BCUT2D eigenvalue weighted by Gasteiger charge is 2.13. The SMILES string of the molecule is O=C(NCCc1nnco1)c1cc(-c2ccccc2)on1. The van der Waals surface area contributed by atoms with Gasteiger partial charge in [-0.3, -0.25) is 4.79 Å². The Morgan fingerprint density at radius 2 is 2.10 bits per heavy atom. The van der Waals surface area contributed by atoms with E-state index in [4.69, 9.17) is 8.94 Å². The molecule has 3 rings (SSSR count). The molecular weight excluding hydrogens is 272 g/mol. The predicted molar refractivity (Wildman–Crippen MR) is 72.3 cm³/mol. The molecule has 1 N–H and O–H groups in total. The minimum atomic E-state index is -0.305. The Bertz CT molecular complexity index is 707. The Hall–Kier alpha value is -2.96. The van der Waals surface area contributed by atoms with Gasteiger partial charge in [0.15, 0.2) is 11.5 Å². The zero-order valence-corrected chi connectivity index (χ0v) is 11.0. The summed E-state index contributed by atoms with van der Waals surface area (Å²) in [5.74, 6) is 0.721. The van der Waals surface area contributed by atoms with E-state index in [0.29, 0.717) is 24.6 Å². The molecule has 0 saturated heterocycles. The van der Waals surface area contributed by atoms with Crippen LogP contribution in [0, 0.1) is 0 Å². The van der Waals surface area contributed by atoms with E-state index in [1.807, 2.05) is 30.3 Å². The molecule has 0 fully saturated rings. The van der Waals surface area contributed by atoms with Gasteiger partial charge in [-0.2, -0.15) is 0 Å². The molecule has 1 amide bonds. The van der Waals surface area contributed by atoms with Gasteiger partial charge in [-0.05, 0) is 0 Å². The maximum atomic E-state index is 11.9. The molecule has 1 aromatic carbocycles. The molecule has 21 heavy (non-hydrogen) atoms. The minimum absolute atomic E-state index is 0.236. The normalized spacial score (nSPS) is 10.5. The van der Waals surface area contributed by atoms with Crippen molar-refractivity contribution in [2.24, 2.45) is 0 Å². The smallest absolute Gasteiger partial charge is 0.273 e. The first-order valence-corrected chi connectivity index (χ1v) is 6.38. The van der Waals surface area contributed by atoms with Crippen molar-refractivity contribution < 1.29 is 13.7 Å². The van der Waals surface area contributed by atoms with Crippen LogP contribution in [0.1, 0.15) is 16.4 Å². The maximum Gasteiger partial charge on any atom is 0.273 e. The fourth-order valence-electron chi connectivity index (χ4n) is 1.80. The van der Waals surface area contributed by atoms with E-state index in [-0.39, 0.29) is 11.6 Å². The van der Waals surface area contributed by atoms with Crippen molar-refractivity contribution in [1.29, 1.82) is 0 Å². The fraction of sp³-hybridized carbons (Fsp3) is 0.143. The van der Waals surface area contributed by atoms with Crippen LogP contribution >= 0.6 is 0 Å². The molecule has 0 saturated carbocycles. The van der Waals surface area contributed by atoms with E-state index in [0.717, 1.165) is 5.56 Å². The van der Waals surface area contributed by atoms with Gasteiger partial charge in [0, 0.05) is 24.6 Å². The van der Waals surface area contributed by atoms with E-state index in [9.17, 15) is 4.79 Å². The summed E-state index contributed by atoms with van der Waals surface area (Å²) in [6.45, 7) is 0.383. The van der Waals surface area contributed by atoms with Crippen molar-refractivity contribution in [3.63, 3.8) is 0 Å². The van der Waals surface area contributed by atoms with Crippen LogP contribution in [0.5, 0.6) is 0 Å². The number of nitrogens with one attached hydrogen (secondary N) is 1. The molecule has 0 unspecified atom stereocenters. The number of carbonyl (C=O) groups is 1. The molecule has 3 aromatic rings. The molecule has 7 nitrogen and oxygen atoms in total. The summed E-state index contributed by atoms with van der Waals surface area (Å²) >= 11 is 0. The third kappa shape index (κ3) is 3.14. The highest BCUT2D eigenvalue weighted by atomic mass is 16.5. The number of carbonyl (C=O) groups excluding carboxylic acids is 1. The second kappa shape index (κ2) is 6.00. The molecule has 0 aliphatic rings. The second-order valence-corrected chi connectivity index (χ2v) is 4.28. The average Bonchev–Trinajstić information content (AvgIpc) is 3.20. The van der Waals surface area contributed by atoms with Crippen molar-refractivity contribution in [1.82, 2.24) is 20.7 Å². The summed E-state index contributed by atoms with van der Waals surface area (Å²) in [6, 6.07) is 11.1. The van der Waals surface area contributed by atoms with E-state index < -0.39 is 0 Å². The number of amides is 1. The van der Waals surface area contributed by atoms with Gasteiger partial charge in [-0.25, -0.2) is 0 Å². The number of hydrogen-bond acceptors (Lipinski definition) is 6. The van der Waals surface area contributed by atoms with Crippen LogP contribution in [-0.2, 0) is 6.42 Å². The molecule has 0 aliphatic heterocycles. The van der Waals surface area contributed by atoms with Gasteiger partial charge < -0.3 is 14.3 Å². The van der Waals surface area contributed by atoms with Gasteiger partial charge in [0.25, 0.3) is 5.91 Å². The third-order valence-electron chi connectivity index (χ3n) is 2.83. The molecule has 0 atom stereocenters. The van der Waals surface area contributed by atoms with Crippen LogP contribution in [0.2, 0.25) is 0 Å². The minimum Gasteiger partial charge on any atom is -0.428 e. The summed E-state index contributed by atoms with van der Waals surface area (Å²) in [7, 11) is 0. The highest BCUT2D eigenvalue weighted by Crippen LogP contribution is 2.19. The second-order valence-electron chi connectivity index (χ2n) is 4.28. The lowest BCUT2D eigenvalue weighted by atomic mass is 10.1. The lowest BCUT2D eigenvalue weighted by Gasteiger charge is -1.99. The van der Waals surface area contributed by atoms with Gasteiger partial charge in [0.05, 0.1) is 0 Å². The van der Waals surface area contributed by atoms with Crippen LogP contribution in [0.15, 0.2) is 51.7 Å². The monoisotopic (exact) mass is 284 g/mol. The van der Waals surface area contributed by atoms with E-state index in [1.54, 1.807) is 6.07 Å². The molecule has 0 bridgehead atoms. The Morgan fingerprint density at radius 3 is 2.86 bits per heavy atom. The van der Waals surface area contributed by atoms with Crippen molar-refractivity contribution in [3.8, 4) is 11.3 Å². The lowest BCUT2D eigenvalue weighted by molar-refractivity contribution is 0.0944. The summed E-state index contributed by atoms with van der Waals surface area (Å²) in [6.07, 6.45) is 1.72. The van der Waals surface area contributed by atoms with Crippen molar-refractivity contribution in [3.05, 3.63) is 54.4 Å². The number of hydrogen-bond donors (Lipinski definition) is 1. The first kappa shape index (κ1) is 13.0. The molecule has 7 heteroatoms. The lowest BCUT2D eigenvalue weighted by Crippen LogP contribution is -2.26. The zero-order valence-electron chi connectivity index (χ0n) is 11.0. The van der Waals surface area contributed by atoms with Gasteiger partial charge in [0.2, 0.25) is 12.3 Å². The zero-order chi connectivity index (χ0) is 14.5. The van der Waals surface area contributed by atoms with E-state index in [1.165, 1.54) is 6.39 Å². The van der Waals surface area contributed by atoms with Crippen LogP contribution < -0.4 is 5.32 Å². The van der Waals surface area contributed by atoms with Gasteiger partial charge >= 0.3 is 0 Å². The van der Waals surface area contributed by atoms with Gasteiger partial charge in [-0.15, -0.1) is 10.2 Å². The molecule has 0 aliphatic carbocycles. The molecule has 2 heterocycles. The van der Waals surface area contributed by atoms with E-state index in [2.05, 4.69) is 20.7 Å². The largest absolute Gasteiger partial charge is 0.428 e. The van der Waals surface area contributed by atoms with Crippen molar-refractivity contribution in [2.75, 3.05) is 6.54 Å². The quantitative estimate of drug-likeness (QED) is 0.766. The van der Waals surface area contributed by atoms with Gasteiger partial charge in [-0.1, -0.05) is 35.5 Å². The Labute approximate surface area is 120 Å². The molecule has 0 radical (unpaired) electrons. The van der Waals surface area contributed by atoms with Crippen LogP contribution in [0.4, 0.5) is 0 Å². The van der Waals surface area contributed by atoms with Crippen LogP contribution in [0.25, 0.3) is 11.3 Å². The number of nitrogens with zero attached hydrogens (tertiary/aromatic N) is 3. The standard InChI is InChI=1S/C14H12N4O3/c19-14(15-7-6-13-17-16-9-20-13)11-8-12(21-18-11)10-4-2-1-3-5-10/h1-5,8-9H,6-7H2,(H,15,19). The first-order chi connectivity index (χ1) is 10.3. The molecule has 0 spiro atoms. The number of aromatic nitrogens is 3. The van der Waals surface area contributed by atoms with Crippen molar-refractivity contribution in [2.45, 2.75) is 6.42 Å². The van der Waals surface area contributed by atoms with Crippen molar-refractivity contribution >= 4 is 5.91 Å². The Kier molecular flexibility index (Phi) is 3.72. The summed E-state index contributed by atoms with van der Waals surface area (Å²) in [5, 5.41) is 13.8. The molecule has 106 valence electrons. The van der Waals surface area contributed by atoms with Gasteiger partial charge in [0.1, 0.15) is 0 Å². The fourth-order valence-corrected chi connectivity index (χ4v) is 1.80. The topological polar surface area (TPSA) is 94.1 Å². The van der Waals surface area contributed by atoms with E-state index >= 15 is 0 Å². The highest BCUT2D eigenvalue weighted by molar-refractivity contribution is 5.93. The average molecular weight is 284 g/mol. The first-order valence-electron chi connectivity index (χ1n) is 6.38. The summed E-state index contributed by atoms with van der Waals surface area (Å²) < 4.78 is 10.1. The summed E-state index contributed by atoms with van der Waals surface area (Å²) in [4.78, 5) is 11.9. The summed E-state index contributed by atoms with van der Waals surface area (Å²) in [5.41, 5.74) is 1.11. The number of benzene rings is 1. The maximum absolute atomic E-state index is 11.9. The molecular formula is C14H12N4O3. The Morgan fingerprint density at radius 1 is 1.24 bits per heavy atom. The third-order valence-corrected chi connectivity index (χ3v) is 2.83. The predicted octanol–water partition coefficient (Wildman–Crippen LogP) is 1.70. The Balaban J connectivity index is 1.59. The van der Waals surface area contributed by atoms with Crippen LogP contribution in [0.3, 0.4) is 0 Å². The molecule has 2 aromatic heterocycles.